The number of hydrogen-bond donors (Lipinski definition) is 1. The minimum atomic E-state index is 0.635. The molecular formula is C15H14N4S. The Morgan fingerprint density at radius 1 is 1.20 bits per heavy atom. The van der Waals surface area contributed by atoms with Crippen molar-refractivity contribution in [2.24, 2.45) is 0 Å². The molecule has 0 spiro atoms. The number of imidazole rings is 1. The summed E-state index contributed by atoms with van der Waals surface area (Å²) in [6, 6.07) is 12.1. The van der Waals surface area contributed by atoms with E-state index in [0.717, 1.165) is 22.8 Å². The molecule has 0 aliphatic heterocycles. The highest BCUT2D eigenvalue weighted by Crippen LogP contribution is 2.20. The van der Waals surface area contributed by atoms with Crippen LogP contribution in [0.25, 0.3) is 11.3 Å². The first-order chi connectivity index (χ1) is 9.74. The third-order valence-electron chi connectivity index (χ3n) is 3.09. The maximum absolute atomic E-state index is 5.37. The van der Waals surface area contributed by atoms with E-state index in [1.54, 1.807) is 6.20 Å². The molecule has 3 aromatic rings. The normalized spacial score (nSPS) is 10.7. The van der Waals surface area contributed by atoms with Crippen LogP contribution in [0.2, 0.25) is 0 Å². The lowest BCUT2D eigenvalue weighted by Crippen LogP contribution is -2.05. The Morgan fingerprint density at radius 3 is 2.75 bits per heavy atom. The van der Waals surface area contributed by atoms with E-state index >= 15 is 0 Å². The number of H-pyrrole nitrogens is 1. The molecule has 2 heterocycles. The van der Waals surface area contributed by atoms with E-state index in [2.05, 4.69) is 27.1 Å². The van der Waals surface area contributed by atoms with Crippen LogP contribution in [-0.2, 0) is 6.54 Å². The summed E-state index contributed by atoms with van der Waals surface area (Å²) in [4.78, 5) is 11.7. The molecule has 100 valence electrons. The van der Waals surface area contributed by atoms with E-state index in [4.69, 9.17) is 12.2 Å². The average molecular weight is 282 g/mol. The molecule has 2 aromatic heterocycles. The molecule has 0 unspecified atom stereocenters. The SMILES string of the molecule is Cc1nccc(Cn2c(-c3ccccc3)c[nH]c2=S)n1. The van der Waals surface area contributed by atoms with Crippen LogP contribution in [0.1, 0.15) is 11.5 Å². The topological polar surface area (TPSA) is 46.5 Å². The predicted octanol–water partition coefficient (Wildman–Crippen LogP) is 3.36. The van der Waals surface area contributed by atoms with Gasteiger partial charge in [0.25, 0.3) is 0 Å². The van der Waals surface area contributed by atoms with Crippen molar-refractivity contribution in [3.8, 4) is 11.3 Å². The molecule has 0 aliphatic carbocycles. The van der Waals surface area contributed by atoms with Gasteiger partial charge in [0.05, 0.1) is 17.9 Å². The van der Waals surface area contributed by atoms with Crippen LogP contribution < -0.4 is 0 Å². The van der Waals surface area contributed by atoms with Gasteiger partial charge in [0.15, 0.2) is 4.77 Å². The number of aryl methyl sites for hydroxylation is 1. The van der Waals surface area contributed by atoms with E-state index in [0.29, 0.717) is 11.3 Å². The molecule has 0 saturated carbocycles. The lowest BCUT2D eigenvalue weighted by atomic mass is 10.2. The maximum Gasteiger partial charge on any atom is 0.177 e. The summed E-state index contributed by atoms with van der Waals surface area (Å²) in [5.41, 5.74) is 3.14. The first kappa shape index (κ1) is 12.7. The van der Waals surface area contributed by atoms with Crippen molar-refractivity contribution in [2.45, 2.75) is 13.5 Å². The molecule has 1 N–H and O–H groups in total. The third-order valence-corrected chi connectivity index (χ3v) is 3.43. The summed E-state index contributed by atoms with van der Waals surface area (Å²) >= 11 is 5.37. The van der Waals surface area contributed by atoms with Crippen molar-refractivity contribution >= 4 is 12.2 Å². The highest BCUT2D eigenvalue weighted by molar-refractivity contribution is 7.71. The third kappa shape index (κ3) is 2.53. The fourth-order valence-electron chi connectivity index (χ4n) is 2.16. The van der Waals surface area contributed by atoms with Gasteiger partial charge in [-0.05, 0) is 30.8 Å². The summed E-state index contributed by atoms with van der Waals surface area (Å²) in [5, 5.41) is 0. The van der Waals surface area contributed by atoms with Gasteiger partial charge in [-0.1, -0.05) is 30.3 Å². The molecule has 0 amide bonds. The van der Waals surface area contributed by atoms with Crippen LogP contribution in [0, 0.1) is 11.7 Å². The zero-order valence-electron chi connectivity index (χ0n) is 11.1. The van der Waals surface area contributed by atoms with E-state index in [1.807, 2.05) is 42.0 Å². The molecule has 0 radical (unpaired) electrons. The Labute approximate surface area is 122 Å². The van der Waals surface area contributed by atoms with Gasteiger partial charge >= 0.3 is 0 Å². The molecule has 0 saturated heterocycles. The minimum Gasteiger partial charge on any atom is -0.337 e. The second kappa shape index (κ2) is 5.38. The van der Waals surface area contributed by atoms with Gasteiger partial charge in [0.2, 0.25) is 0 Å². The summed E-state index contributed by atoms with van der Waals surface area (Å²) in [7, 11) is 0. The van der Waals surface area contributed by atoms with Gasteiger partial charge in [-0.3, -0.25) is 0 Å². The van der Waals surface area contributed by atoms with Crippen molar-refractivity contribution < 1.29 is 0 Å². The van der Waals surface area contributed by atoms with Crippen LogP contribution in [-0.4, -0.2) is 19.5 Å². The van der Waals surface area contributed by atoms with Crippen LogP contribution in [0.5, 0.6) is 0 Å². The van der Waals surface area contributed by atoms with Crippen LogP contribution in [0.3, 0.4) is 0 Å². The van der Waals surface area contributed by atoms with Crippen LogP contribution in [0.4, 0.5) is 0 Å². The Kier molecular flexibility index (Phi) is 3.43. The molecule has 0 aliphatic rings. The minimum absolute atomic E-state index is 0.635. The van der Waals surface area contributed by atoms with Crippen LogP contribution in [0.15, 0.2) is 48.8 Å². The van der Waals surface area contributed by atoms with E-state index in [-0.39, 0.29) is 0 Å². The summed E-state index contributed by atoms with van der Waals surface area (Å²) in [6.45, 7) is 2.52. The Hall–Kier alpha value is -2.27. The second-order valence-corrected chi connectivity index (χ2v) is 4.91. The van der Waals surface area contributed by atoms with Gasteiger partial charge in [-0.2, -0.15) is 0 Å². The monoisotopic (exact) mass is 282 g/mol. The predicted molar refractivity (Wildman–Crippen MR) is 80.9 cm³/mol. The molecule has 4 nitrogen and oxygen atoms in total. The number of nitrogens with one attached hydrogen (secondary N) is 1. The van der Waals surface area contributed by atoms with Crippen molar-refractivity contribution in [2.75, 3.05) is 0 Å². The average Bonchev–Trinajstić information content (AvgIpc) is 2.81. The quantitative estimate of drug-likeness (QED) is 0.749. The summed E-state index contributed by atoms with van der Waals surface area (Å²) < 4.78 is 2.74. The molecule has 1 aromatic carbocycles. The highest BCUT2D eigenvalue weighted by Gasteiger charge is 2.07. The first-order valence-electron chi connectivity index (χ1n) is 6.36. The number of aromatic nitrogens is 4. The largest absolute Gasteiger partial charge is 0.337 e. The standard InChI is InChI=1S/C15H14N4S/c1-11-16-8-7-13(18-11)10-19-14(9-17-15(19)20)12-5-3-2-4-6-12/h2-9H,10H2,1H3,(H,17,20). The fourth-order valence-corrected chi connectivity index (χ4v) is 2.38. The zero-order valence-corrected chi connectivity index (χ0v) is 11.9. The Balaban J connectivity index is 2.02. The number of hydrogen-bond acceptors (Lipinski definition) is 3. The fraction of sp³-hybridized carbons (Fsp3) is 0.133. The number of rotatable bonds is 3. The lowest BCUT2D eigenvalue weighted by molar-refractivity contribution is 0.758. The number of aromatic amines is 1. The van der Waals surface area contributed by atoms with E-state index < -0.39 is 0 Å². The van der Waals surface area contributed by atoms with Gasteiger partial charge in [0, 0.05) is 12.4 Å². The smallest absolute Gasteiger partial charge is 0.177 e. The van der Waals surface area contributed by atoms with Gasteiger partial charge in [-0.25, -0.2) is 9.97 Å². The van der Waals surface area contributed by atoms with Gasteiger partial charge in [-0.15, -0.1) is 0 Å². The van der Waals surface area contributed by atoms with Crippen LogP contribution >= 0.6 is 12.2 Å². The summed E-state index contributed by atoms with van der Waals surface area (Å²) in [6.07, 6.45) is 3.71. The molecule has 0 fully saturated rings. The highest BCUT2D eigenvalue weighted by atomic mass is 32.1. The molecule has 0 atom stereocenters. The van der Waals surface area contributed by atoms with E-state index in [1.165, 1.54) is 0 Å². The van der Waals surface area contributed by atoms with Gasteiger partial charge < -0.3 is 9.55 Å². The zero-order chi connectivity index (χ0) is 13.9. The van der Waals surface area contributed by atoms with Crippen molar-refractivity contribution in [1.82, 2.24) is 19.5 Å². The molecular weight excluding hydrogens is 268 g/mol. The first-order valence-corrected chi connectivity index (χ1v) is 6.77. The number of benzene rings is 1. The molecule has 5 heteroatoms. The lowest BCUT2D eigenvalue weighted by Gasteiger charge is -2.08. The van der Waals surface area contributed by atoms with Crippen molar-refractivity contribution in [3.05, 3.63) is 65.1 Å². The molecule has 3 rings (SSSR count). The Bertz CT molecular complexity index is 774. The second-order valence-electron chi connectivity index (χ2n) is 4.53. The summed E-state index contributed by atoms with van der Waals surface area (Å²) in [5.74, 6) is 0.769. The van der Waals surface area contributed by atoms with Crippen molar-refractivity contribution in [3.63, 3.8) is 0 Å². The number of nitrogens with zero attached hydrogens (tertiary/aromatic N) is 3. The Morgan fingerprint density at radius 2 is 2.00 bits per heavy atom. The maximum atomic E-state index is 5.37. The molecule has 0 bridgehead atoms. The van der Waals surface area contributed by atoms with Crippen molar-refractivity contribution in [1.29, 1.82) is 0 Å². The molecule has 20 heavy (non-hydrogen) atoms. The van der Waals surface area contributed by atoms with E-state index in [9.17, 15) is 0 Å². The van der Waals surface area contributed by atoms with Gasteiger partial charge in [0.1, 0.15) is 5.82 Å².